The molecule has 2 aliphatic carbocycles. The minimum atomic E-state index is -1.21. The van der Waals surface area contributed by atoms with Crippen molar-refractivity contribution in [2.24, 2.45) is 23.2 Å². The van der Waals surface area contributed by atoms with Gasteiger partial charge >= 0.3 is 5.97 Å². The first-order chi connectivity index (χ1) is 45.9. The number of aromatic nitrogens is 8. The maximum Gasteiger partial charge on any atom is 0.328 e. The van der Waals surface area contributed by atoms with Gasteiger partial charge in [0.15, 0.2) is 6.61 Å². The highest BCUT2D eigenvalue weighted by Gasteiger charge is 2.48. The van der Waals surface area contributed by atoms with Crippen LogP contribution < -0.4 is 36.1 Å². The van der Waals surface area contributed by atoms with Gasteiger partial charge in [0, 0.05) is 88.9 Å². The zero-order valence-corrected chi connectivity index (χ0v) is 57.5. The van der Waals surface area contributed by atoms with Crippen LogP contribution in [0, 0.1) is 37.0 Å². The third-order valence-corrected chi connectivity index (χ3v) is 18.6. The first kappa shape index (κ1) is 71.4. The lowest BCUT2D eigenvalue weighted by atomic mass is 9.88. The molecule has 27 nitrogen and oxygen atoms in total. The van der Waals surface area contributed by atoms with Crippen molar-refractivity contribution in [1.82, 2.24) is 65.7 Å². The molecule has 2 saturated carbocycles. The molecule has 2 atom stereocenters. The van der Waals surface area contributed by atoms with Crippen LogP contribution in [-0.4, -0.2) is 172 Å². The molecule has 6 aromatic rings. The Morgan fingerprint density at radius 1 is 0.802 bits per heavy atom. The first-order valence-corrected chi connectivity index (χ1v) is 36.7. The highest BCUT2D eigenvalue weighted by Crippen LogP contribution is 2.51. The Morgan fingerprint density at radius 3 is 2.24 bits per heavy atom. The van der Waals surface area contributed by atoms with Crippen molar-refractivity contribution in [3.05, 3.63) is 114 Å². The number of likely N-dealkylation sites (tertiary alicyclic amines) is 1. The average Bonchev–Trinajstić information content (AvgIpc) is 1.63. The Morgan fingerprint density at radius 2 is 1.54 bits per heavy atom. The van der Waals surface area contributed by atoms with Gasteiger partial charge in [0.1, 0.15) is 54.9 Å². The van der Waals surface area contributed by atoms with Gasteiger partial charge in [-0.3, -0.25) is 33.4 Å². The quantitative estimate of drug-likeness (QED) is 0.0151. The van der Waals surface area contributed by atoms with Crippen LogP contribution in [0.2, 0.25) is 25.7 Å². The van der Waals surface area contributed by atoms with Crippen molar-refractivity contribution < 1.29 is 62.0 Å². The molecule has 0 spiro atoms. The predicted molar refractivity (Wildman–Crippen MR) is 357 cm³/mol. The zero-order chi connectivity index (χ0) is 68.5. The Bertz CT molecular complexity index is 3610. The average molecular weight is 1340 g/mol. The van der Waals surface area contributed by atoms with Gasteiger partial charge in [0.25, 0.3) is 17.7 Å². The van der Waals surface area contributed by atoms with Crippen LogP contribution in [0.3, 0.4) is 0 Å². The molecule has 0 unspecified atom stereocenters. The van der Waals surface area contributed by atoms with Crippen molar-refractivity contribution >= 4 is 55.2 Å². The molecule has 3 aliphatic rings. The number of nitrogens with zero attached hydrogens (tertiary/aromatic N) is 9. The molecule has 28 heteroatoms. The monoisotopic (exact) mass is 1340 g/mol. The number of hydrogen-bond donors (Lipinski definition) is 5. The lowest BCUT2D eigenvalue weighted by molar-refractivity contribution is -0.150. The van der Waals surface area contributed by atoms with E-state index in [2.05, 4.69) is 87.4 Å². The van der Waals surface area contributed by atoms with E-state index in [0.717, 1.165) is 54.2 Å². The molecule has 4 aromatic heterocycles. The van der Waals surface area contributed by atoms with Gasteiger partial charge in [-0.05, 0) is 130 Å². The molecule has 6 amide bonds. The summed E-state index contributed by atoms with van der Waals surface area (Å²) < 4.78 is 38.7. The zero-order valence-electron chi connectivity index (χ0n) is 56.5. The van der Waals surface area contributed by atoms with E-state index in [-0.39, 0.29) is 97.9 Å². The molecule has 0 radical (unpaired) electrons. The van der Waals surface area contributed by atoms with Crippen molar-refractivity contribution in [1.29, 1.82) is 0 Å². The van der Waals surface area contributed by atoms with Crippen LogP contribution in [0.5, 0.6) is 17.4 Å². The number of carbonyl (C=O) groups is 7. The number of amides is 6. The summed E-state index contributed by atoms with van der Waals surface area (Å²) in [5, 5.41) is 31.9. The molecule has 96 heavy (non-hydrogen) atoms. The topological polar surface area (TPSA) is 317 Å². The van der Waals surface area contributed by atoms with E-state index < -0.39 is 32.0 Å². The fourth-order valence-corrected chi connectivity index (χ4v) is 12.0. The number of aryl methyl sites for hydroxylation is 2. The molecule has 1 aliphatic heterocycles. The van der Waals surface area contributed by atoms with Crippen LogP contribution in [-0.2, 0) is 69.3 Å². The van der Waals surface area contributed by atoms with E-state index in [0.29, 0.717) is 99.2 Å². The number of esters is 1. The third kappa shape index (κ3) is 21.6. The van der Waals surface area contributed by atoms with Gasteiger partial charge in [-0.1, -0.05) is 63.8 Å². The summed E-state index contributed by atoms with van der Waals surface area (Å²) in [6, 6.07) is 18.7. The maximum atomic E-state index is 14.3. The molecule has 5 heterocycles. The smallest absolute Gasteiger partial charge is 0.328 e. The first-order valence-electron chi connectivity index (χ1n) is 33.0. The lowest BCUT2D eigenvalue weighted by Gasteiger charge is -2.38. The number of hydrogen-bond acceptors (Lipinski definition) is 18. The SMILES string of the molecule is COC(=O)[C@H](CCC(C)(C)C)NC(=O)c1ccc(Oc2cccc(OCC(=O)NCCOC3CN(C(=O)COCc4cn(CC(=O)NCCCn5nccc5C(=O)N[C@H](C(=O)Nc5ccc(-c6c(C)nn(COCC[Si](C)(C)C)c6C)cc5)C(C5CC5)C5CC5)nn4)C3)c2)nc1. The van der Waals surface area contributed by atoms with Gasteiger partial charge in [0.05, 0.1) is 43.9 Å². The molecule has 1 saturated heterocycles. The normalized spacial score (nSPS) is 14.7. The molecule has 516 valence electrons. The predicted octanol–water partition coefficient (Wildman–Crippen LogP) is 6.87. The van der Waals surface area contributed by atoms with Gasteiger partial charge in [-0.15, -0.1) is 5.10 Å². The highest BCUT2D eigenvalue weighted by atomic mass is 28.3. The van der Waals surface area contributed by atoms with E-state index in [1.165, 1.54) is 30.1 Å². The number of anilines is 1. The lowest BCUT2D eigenvalue weighted by Crippen LogP contribution is -2.56. The Kier molecular flexibility index (Phi) is 24.7. The Labute approximate surface area is 560 Å². The number of benzene rings is 2. The molecular formula is C68H92N14O13Si. The van der Waals surface area contributed by atoms with Crippen molar-refractivity contribution in [3.8, 4) is 28.5 Å². The van der Waals surface area contributed by atoms with Crippen molar-refractivity contribution in [2.75, 3.05) is 65.0 Å². The van der Waals surface area contributed by atoms with Crippen molar-refractivity contribution in [3.63, 3.8) is 0 Å². The Balaban J connectivity index is 0.620. The second-order valence-electron chi connectivity index (χ2n) is 27.2. The van der Waals surface area contributed by atoms with Crippen molar-refractivity contribution in [2.45, 2.75) is 150 Å². The summed E-state index contributed by atoms with van der Waals surface area (Å²) in [6.07, 6.45) is 10.00. The van der Waals surface area contributed by atoms with Gasteiger partial charge in [-0.2, -0.15) is 10.2 Å². The van der Waals surface area contributed by atoms with Crippen LogP contribution >= 0.6 is 0 Å². The summed E-state index contributed by atoms with van der Waals surface area (Å²) in [4.78, 5) is 97.7. The molecular weight excluding hydrogens is 1250 g/mol. The number of ether oxygens (including phenoxy) is 6. The van der Waals surface area contributed by atoms with E-state index in [1.807, 2.05) is 42.8 Å². The van der Waals surface area contributed by atoms with Crippen LogP contribution in [0.4, 0.5) is 5.69 Å². The standard InChI is InChI=1S/C68H92N14O13Si/c1-44-61(45(2)82(77-44)43-91-32-33-96(7,8)9)46-18-21-50(22-19-46)73-66(88)63(62(47-14-15-47)48-16-17-48)75-65(87)56-25-28-72-81(56)30-11-27-69-57(83)39-80-36-51(76-78-80)40-92-42-60(85)79-37-54(38-79)93-31-29-70-58(84)41-94-52-12-10-13-53(34-52)95-59-23-20-49(35-71-59)64(86)74-55(67(89)90-6)24-26-68(3,4)5/h10,12-13,18-23,25,28,34-36,47-48,54-55,62-63H,11,14-17,24,26-27,29-33,37-43H2,1-9H3,(H,69,83)(H,70,84)(H,73,88)(H,74,86)(H,75,87)/t55-,63-/m0/s1. The summed E-state index contributed by atoms with van der Waals surface area (Å²) in [5.74, 6) is -0.759. The number of carbonyl (C=O) groups excluding carboxylic acids is 7. The van der Waals surface area contributed by atoms with Gasteiger partial charge in [0.2, 0.25) is 23.6 Å². The number of pyridine rings is 1. The van der Waals surface area contributed by atoms with Crippen LogP contribution in [0.1, 0.15) is 104 Å². The summed E-state index contributed by atoms with van der Waals surface area (Å²) in [6.45, 7) is 19.6. The van der Waals surface area contributed by atoms with E-state index in [1.54, 1.807) is 52.3 Å². The molecule has 9 rings (SSSR count). The van der Waals surface area contributed by atoms with E-state index in [4.69, 9.17) is 33.5 Å². The Hall–Kier alpha value is -8.86. The van der Waals surface area contributed by atoms with Crippen LogP contribution in [0.15, 0.2) is 85.3 Å². The van der Waals surface area contributed by atoms with Gasteiger partial charge < -0.3 is 59.9 Å². The third-order valence-electron chi connectivity index (χ3n) is 16.9. The number of nitrogens with one attached hydrogen (secondary N) is 5. The fourth-order valence-electron chi connectivity index (χ4n) is 11.2. The number of rotatable bonds is 37. The molecule has 0 bridgehead atoms. The second-order valence-corrected chi connectivity index (χ2v) is 32.9. The summed E-state index contributed by atoms with van der Waals surface area (Å²) in [5.41, 5.74) is 5.54. The minimum Gasteiger partial charge on any atom is -0.484 e. The van der Waals surface area contributed by atoms with E-state index >= 15 is 0 Å². The van der Waals surface area contributed by atoms with E-state index in [9.17, 15) is 33.6 Å². The molecule has 5 N–H and O–H groups in total. The molecule has 3 fully saturated rings. The number of methoxy groups -OCH3 is 1. The molecule has 2 aromatic carbocycles. The maximum absolute atomic E-state index is 14.3. The highest BCUT2D eigenvalue weighted by molar-refractivity contribution is 6.76. The largest absolute Gasteiger partial charge is 0.484 e. The summed E-state index contributed by atoms with van der Waals surface area (Å²) >= 11 is 0. The summed E-state index contributed by atoms with van der Waals surface area (Å²) in [7, 11) is 0.0752. The second kappa shape index (κ2) is 33.2. The van der Waals surface area contributed by atoms with Crippen LogP contribution in [0.25, 0.3) is 11.1 Å². The minimum absolute atomic E-state index is 0.00430. The fraction of sp³-hybridized carbons (Fsp3) is 0.529. The van der Waals surface area contributed by atoms with Gasteiger partial charge in [-0.25, -0.2) is 19.1 Å².